The van der Waals surface area contributed by atoms with Crippen molar-refractivity contribution in [3.63, 3.8) is 0 Å². The molecular weight excluding hydrogens is 314 g/mol. The zero-order valence-corrected chi connectivity index (χ0v) is 13.4. The summed E-state index contributed by atoms with van der Waals surface area (Å²) in [5, 5.41) is 3.99. The Kier molecular flexibility index (Phi) is 4.03. The van der Waals surface area contributed by atoms with Gasteiger partial charge in [-0.1, -0.05) is 5.16 Å². The molecule has 8 heteroatoms. The second-order valence-corrected chi connectivity index (χ2v) is 5.12. The zero-order chi connectivity index (χ0) is 17.3. The fourth-order valence-corrected chi connectivity index (χ4v) is 2.38. The maximum absolute atomic E-state index is 12.5. The molecule has 2 heterocycles. The van der Waals surface area contributed by atoms with E-state index in [-0.39, 0.29) is 29.0 Å². The summed E-state index contributed by atoms with van der Waals surface area (Å²) >= 11 is 0. The predicted molar refractivity (Wildman–Crippen MR) is 84.7 cm³/mol. The van der Waals surface area contributed by atoms with Gasteiger partial charge in [-0.05, 0) is 25.1 Å². The van der Waals surface area contributed by atoms with Gasteiger partial charge in [-0.15, -0.1) is 0 Å². The number of methoxy groups -OCH3 is 2. The highest BCUT2D eigenvalue weighted by Gasteiger charge is 2.16. The van der Waals surface area contributed by atoms with Gasteiger partial charge in [0, 0.05) is 5.56 Å². The van der Waals surface area contributed by atoms with Crippen molar-refractivity contribution in [1.29, 1.82) is 0 Å². The third-order valence-electron chi connectivity index (χ3n) is 3.65. The number of hydrogen-bond donors (Lipinski definition) is 0. The molecule has 0 atom stereocenters. The summed E-state index contributed by atoms with van der Waals surface area (Å²) in [5.41, 5.74) is 0.636. The molecule has 2 aromatic heterocycles. The number of Topliss-reactive ketones (excluding diaryl/α,β-unsaturated/α-hetero) is 1. The predicted octanol–water partition coefficient (Wildman–Crippen LogP) is 1.59. The number of aromatic nitrogens is 3. The van der Waals surface area contributed by atoms with Crippen LogP contribution in [0.2, 0.25) is 0 Å². The molecule has 0 saturated heterocycles. The van der Waals surface area contributed by atoms with E-state index in [1.807, 2.05) is 0 Å². The molecule has 0 aliphatic rings. The molecule has 0 aliphatic heterocycles. The first kappa shape index (κ1) is 15.7. The number of carbonyl (C=O) groups is 1. The van der Waals surface area contributed by atoms with Gasteiger partial charge < -0.3 is 14.0 Å². The van der Waals surface area contributed by atoms with Crippen LogP contribution in [0, 0.1) is 6.92 Å². The molecule has 1 aromatic carbocycles. The van der Waals surface area contributed by atoms with Gasteiger partial charge >= 0.3 is 0 Å². The van der Waals surface area contributed by atoms with Crippen molar-refractivity contribution in [1.82, 2.24) is 14.7 Å². The highest BCUT2D eigenvalue weighted by Crippen LogP contribution is 2.27. The lowest BCUT2D eigenvalue weighted by Crippen LogP contribution is -2.24. The van der Waals surface area contributed by atoms with Crippen LogP contribution >= 0.6 is 0 Å². The van der Waals surface area contributed by atoms with Gasteiger partial charge in [0.2, 0.25) is 0 Å². The molecule has 0 spiro atoms. The summed E-state index contributed by atoms with van der Waals surface area (Å²) in [6.45, 7) is 1.50. The van der Waals surface area contributed by atoms with Crippen LogP contribution in [0.25, 0.3) is 11.1 Å². The average molecular weight is 329 g/mol. The molecule has 0 N–H and O–H groups in total. The summed E-state index contributed by atoms with van der Waals surface area (Å²) in [4.78, 5) is 28.9. The normalized spacial score (nSPS) is 10.8. The molecule has 0 radical (unpaired) electrons. The Balaban J connectivity index is 1.94. The first-order chi connectivity index (χ1) is 11.5. The lowest BCUT2D eigenvalue weighted by molar-refractivity contribution is 0.0970. The van der Waals surface area contributed by atoms with E-state index in [4.69, 9.17) is 14.0 Å². The SMILES string of the molecule is COc1ccc(C(=O)Cn2cnc3onc(C)c3c2=O)cc1OC. The van der Waals surface area contributed by atoms with Crippen molar-refractivity contribution in [3.05, 3.63) is 46.1 Å². The lowest BCUT2D eigenvalue weighted by atomic mass is 10.1. The minimum absolute atomic E-state index is 0.151. The third kappa shape index (κ3) is 2.62. The molecule has 0 unspecified atom stereocenters. The monoisotopic (exact) mass is 329 g/mol. The quantitative estimate of drug-likeness (QED) is 0.656. The van der Waals surface area contributed by atoms with E-state index in [9.17, 15) is 9.59 Å². The summed E-state index contributed by atoms with van der Waals surface area (Å²) < 4.78 is 16.5. The maximum atomic E-state index is 12.5. The fourth-order valence-electron chi connectivity index (χ4n) is 2.38. The van der Waals surface area contributed by atoms with Crippen LogP contribution in [0.1, 0.15) is 16.1 Å². The fraction of sp³-hybridized carbons (Fsp3) is 0.250. The van der Waals surface area contributed by atoms with Crippen LogP contribution in [-0.4, -0.2) is 34.7 Å². The Hall–Kier alpha value is -3.16. The molecular formula is C16H15N3O5. The Bertz CT molecular complexity index is 973. The number of rotatable bonds is 5. The van der Waals surface area contributed by atoms with E-state index in [2.05, 4.69) is 10.1 Å². The number of carbonyl (C=O) groups excluding carboxylic acids is 1. The number of ketones is 1. The lowest BCUT2D eigenvalue weighted by Gasteiger charge is -2.09. The highest BCUT2D eigenvalue weighted by atomic mass is 16.5. The summed E-state index contributed by atoms with van der Waals surface area (Å²) in [6.07, 6.45) is 1.27. The third-order valence-corrected chi connectivity index (χ3v) is 3.65. The first-order valence-electron chi connectivity index (χ1n) is 7.11. The topological polar surface area (TPSA) is 96.5 Å². The first-order valence-corrected chi connectivity index (χ1v) is 7.11. The van der Waals surface area contributed by atoms with Gasteiger partial charge in [-0.2, -0.15) is 0 Å². The van der Waals surface area contributed by atoms with Crippen molar-refractivity contribution in [3.8, 4) is 11.5 Å². The van der Waals surface area contributed by atoms with Crippen molar-refractivity contribution in [2.24, 2.45) is 0 Å². The van der Waals surface area contributed by atoms with Gasteiger partial charge in [0.25, 0.3) is 11.3 Å². The number of fused-ring (bicyclic) bond motifs is 1. The van der Waals surface area contributed by atoms with Gasteiger partial charge in [0.05, 0.1) is 26.5 Å². The number of hydrogen-bond acceptors (Lipinski definition) is 7. The Morgan fingerprint density at radius 3 is 2.71 bits per heavy atom. The second-order valence-electron chi connectivity index (χ2n) is 5.12. The highest BCUT2D eigenvalue weighted by molar-refractivity contribution is 5.96. The van der Waals surface area contributed by atoms with Gasteiger partial charge in [0.15, 0.2) is 17.3 Å². The summed E-state index contributed by atoms with van der Waals surface area (Å²) in [6, 6.07) is 4.83. The maximum Gasteiger partial charge on any atom is 0.267 e. The number of nitrogens with zero attached hydrogens (tertiary/aromatic N) is 3. The summed E-state index contributed by atoms with van der Waals surface area (Å²) in [5.74, 6) is 0.710. The zero-order valence-electron chi connectivity index (χ0n) is 13.4. The number of aryl methyl sites for hydroxylation is 1. The van der Waals surface area contributed by atoms with E-state index < -0.39 is 0 Å². The molecule has 3 aromatic rings. The second kappa shape index (κ2) is 6.15. The average Bonchev–Trinajstić information content (AvgIpc) is 2.98. The Morgan fingerprint density at radius 1 is 1.25 bits per heavy atom. The Morgan fingerprint density at radius 2 is 2.00 bits per heavy atom. The van der Waals surface area contributed by atoms with Gasteiger partial charge in [0.1, 0.15) is 11.7 Å². The van der Waals surface area contributed by atoms with E-state index >= 15 is 0 Å². The van der Waals surface area contributed by atoms with Gasteiger partial charge in [-0.25, -0.2) is 4.98 Å². The van der Waals surface area contributed by atoms with E-state index in [1.165, 1.54) is 25.1 Å². The van der Waals surface area contributed by atoms with Crippen LogP contribution < -0.4 is 15.0 Å². The largest absolute Gasteiger partial charge is 0.493 e. The van der Waals surface area contributed by atoms with Crippen molar-refractivity contribution >= 4 is 16.9 Å². The van der Waals surface area contributed by atoms with E-state index in [0.717, 1.165) is 0 Å². The van der Waals surface area contributed by atoms with E-state index in [1.54, 1.807) is 25.1 Å². The van der Waals surface area contributed by atoms with Crippen molar-refractivity contribution in [2.75, 3.05) is 14.2 Å². The molecule has 8 nitrogen and oxygen atoms in total. The van der Waals surface area contributed by atoms with Crippen LogP contribution in [0.4, 0.5) is 0 Å². The van der Waals surface area contributed by atoms with Crippen LogP contribution in [0.15, 0.2) is 33.8 Å². The van der Waals surface area contributed by atoms with Crippen molar-refractivity contribution in [2.45, 2.75) is 13.5 Å². The summed E-state index contributed by atoms with van der Waals surface area (Å²) in [7, 11) is 3.00. The number of benzene rings is 1. The van der Waals surface area contributed by atoms with E-state index in [0.29, 0.717) is 22.8 Å². The molecule has 0 saturated carbocycles. The number of ether oxygens (including phenoxy) is 2. The molecule has 0 bridgehead atoms. The molecule has 3 rings (SSSR count). The molecule has 124 valence electrons. The minimum atomic E-state index is -0.368. The van der Waals surface area contributed by atoms with Crippen LogP contribution in [-0.2, 0) is 6.54 Å². The molecule has 24 heavy (non-hydrogen) atoms. The smallest absolute Gasteiger partial charge is 0.267 e. The molecule has 0 amide bonds. The van der Waals surface area contributed by atoms with Crippen LogP contribution in [0.5, 0.6) is 11.5 Å². The Labute approximate surface area is 136 Å². The van der Waals surface area contributed by atoms with Gasteiger partial charge in [-0.3, -0.25) is 14.2 Å². The standard InChI is InChI=1S/C16H15N3O5/c1-9-14-15(24-18-9)17-8-19(16(14)21)7-11(20)10-4-5-12(22-2)13(6-10)23-3/h4-6,8H,7H2,1-3H3. The van der Waals surface area contributed by atoms with Crippen molar-refractivity contribution < 1.29 is 18.8 Å². The minimum Gasteiger partial charge on any atom is -0.493 e. The molecule has 0 aliphatic carbocycles. The molecule has 0 fully saturated rings. The van der Waals surface area contributed by atoms with Crippen LogP contribution in [0.3, 0.4) is 0 Å².